The van der Waals surface area contributed by atoms with Crippen molar-refractivity contribution in [2.24, 2.45) is 5.73 Å². The second-order valence-electron chi connectivity index (χ2n) is 5.37. The van der Waals surface area contributed by atoms with Crippen LogP contribution in [0.4, 0.5) is 0 Å². The van der Waals surface area contributed by atoms with Crippen LogP contribution >= 0.6 is 0 Å². The minimum Gasteiger partial charge on any atom is -0.394 e. The van der Waals surface area contributed by atoms with Gasteiger partial charge in [0.25, 0.3) is 0 Å². The summed E-state index contributed by atoms with van der Waals surface area (Å²) in [6.07, 6.45) is -2.17. The van der Waals surface area contributed by atoms with Gasteiger partial charge in [0.15, 0.2) is 6.29 Å². The third-order valence-electron chi connectivity index (χ3n) is 3.66. The highest BCUT2D eigenvalue weighted by molar-refractivity contribution is 5.81. The maximum Gasteiger partial charge on any atom is 0.237 e. The number of carbonyl (C=O) groups is 1. The fourth-order valence-electron chi connectivity index (χ4n) is 2.27. The summed E-state index contributed by atoms with van der Waals surface area (Å²) in [4.78, 5) is 11.9. The number of aliphatic hydroxyl groups excluding tert-OH is 4. The number of ether oxygens (including phenoxy) is 1. The fraction of sp³-hybridized carbons (Fsp3) is 0.923. The zero-order valence-electron chi connectivity index (χ0n) is 12.2. The molecule has 0 spiro atoms. The minimum atomic E-state index is -1.52. The predicted octanol–water partition coefficient (Wildman–Crippen LogP) is -2.19. The lowest BCUT2D eigenvalue weighted by Crippen LogP contribution is -2.65. The Labute approximate surface area is 123 Å². The van der Waals surface area contributed by atoms with E-state index in [-0.39, 0.29) is 0 Å². The largest absolute Gasteiger partial charge is 0.394 e. The van der Waals surface area contributed by atoms with Gasteiger partial charge in [-0.15, -0.1) is 0 Å². The van der Waals surface area contributed by atoms with Gasteiger partial charge in [-0.25, -0.2) is 0 Å². The number of unbranched alkanes of at least 4 members (excludes halogenated alkanes) is 2. The van der Waals surface area contributed by atoms with Crippen LogP contribution in [0.15, 0.2) is 0 Å². The highest BCUT2D eigenvalue weighted by Gasteiger charge is 2.44. The molecule has 0 aromatic heterocycles. The molecule has 1 saturated heterocycles. The van der Waals surface area contributed by atoms with Crippen LogP contribution in [0.1, 0.15) is 32.6 Å². The standard InChI is InChI=1S/C13H26N2O6/c1-2-3-4-5-7(14)12(19)15-9-11(18)10(17)8(6-16)21-13(9)20/h7-11,13,16-18,20H,2-6,14H2,1H3,(H,15,19). The number of hydrogen-bond donors (Lipinski definition) is 6. The Bertz CT molecular complexity index is 330. The van der Waals surface area contributed by atoms with Crippen molar-refractivity contribution < 1.29 is 30.0 Å². The van der Waals surface area contributed by atoms with E-state index in [1.54, 1.807) is 0 Å². The molecule has 1 rings (SSSR count). The Balaban J connectivity index is 2.54. The van der Waals surface area contributed by atoms with E-state index in [0.717, 1.165) is 19.3 Å². The summed E-state index contributed by atoms with van der Waals surface area (Å²) in [6.45, 7) is 1.49. The summed E-state index contributed by atoms with van der Waals surface area (Å²) >= 11 is 0. The molecule has 1 heterocycles. The van der Waals surface area contributed by atoms with E-state index in [1.165, 1.54) is 0 Å². The molecular formula is C13H26N2O6. The average Bonchev–Trinajstić information content (AvgIpc) is 2.47. The quantitative estimate of drug-likeness (QED) is 0.293. The molecular weight excluding hydrogens is 280 g/mol. The zero-order valence-corrected chi connectivity index (χ0v) is 12.2. The number of rotatable bonds is 7. The second-order valence-corrected chi connectivity index (χ2v) is 5.37. The van der Waals surface area contributed by atoms with Gasteiger partial charge in [0.05, 0.1) is 12.6 Å². The number of aliphatic hydroxyl groups is 4. The Hall–Kier alpha value is -0.770. The first-order valence-electron chi connectivity index (χ1n) is 7.28. The van der Waals surface area contributed by atoms with E-state index in [4.69, 9.17) is 15.6 Å². The molecule has 0 bridgehead atoms. The van der Waals surface area contributed by atoms with Crippen LogP contribution in [0.5, 0.6) is 0 Å². The van der Waals surface area contributed by atoms with Crippen LogP contribution in [0.3, 0.4) is 0 Å². The first-order valence-corrected chi connectivity index (χ1v) is 7.28. The topological polar surface area (TPSA) is 145 Å². The molecule has 124 valence electrons. The molecule has 6 unspecified atom stereocenters. The Morgan fingerprint density at radius 2 is 1.95 bits per heavy atom. The van der Waals surface area contributed by atoms with Gasteiger partial charge in [0.2, 0.25) is 5.91 Å². The number of nitrogens with one attached hydrogen (secondary N) is 1. The van der Waals surface area contributed by atoms with Crippen LogP contribution in [-0.4, -0.2) is 69.6 Å². The molecule has 6 atom stereocenters. The summed E-state index contributed by atoms with van der Waals surface area (Å²) in [5, 5.41) is 40.7. The van der Waals surface area contributed by atoms with Gasteiger partial charge in [-0.2, -0.15) is 0 Å². The summed E-state index contributed by atoms with van der Waals surface area (Å²) in [5.41, 5.74) is 5.74. The molecule has 0 aliphatic carbocycles. The zero-order chi connectivity index (χ0) is 16.0. The molecule has 1 amide bonds. The molecule has 0 radical (unpaired) electrons. The van der Waals surface area contributed by atoms with Gasteiger partial charge < -0.3 is 36.2 Å². The van der Waals surface area contributed by atoms with Crippen LogP contribution in [0, 0.1) is 0 Å². The summed E-state index contributed by atoms with van der Waals surface area (Å²) in [7, 11) is 0. The second kappa shape index (κ2) is 8.62. The van der Waals surface area contributed by atoms with E-state index in [2.05, 4.69) is 5.32 Å². The van der Waals surface area contributed by atoms with E-state index < -0.39 is 49.2 Å². The minimum absolute atomic E-state index is 0.501. The molecule has 0 aromatic rings. The lowest BCUT2D eigenvalue weighted by molar-refractivity contribution is -0.253. The molecule has 8 nitrogen and oxygen atoms in total. The van der Waals surface area contributed by atoms with Crippen LogP contribution < -0.4 is 11.1 Å². The van der Waals surface area contributed by atoms with Crippen LogP contribution in [0.25, 0.3) is 0 Å². The molecule has 8 heteroatoms. The van der Waals surface area contributed by atoms with E-state index >= 15 is 0 Å². The van der Waals surface area contributed by atoms with Gasteiger partial charge in [-0.05, 0) is 6.42 Å². The number of carbonyl (C=O) groups excluding carboxylic acids is 1. The van der Waals surface area contributed by atoms with Crippen molar-refractivity contribution in [3.63, 3.8) is 0 Å². The number of amides is 1. The Morgan fingerprint density at radius 1 is 1.29 bits per heavy atom. The normalized spacial score (nSPS) is 34.5. The van der Waals surface area contributed by atoms with Crippen molar-refractivity contribution in [2.75, 3.05) is 6.61 Å². The lowest BCUT2D eigenvalue weighted by Gasteiger charge is -2.40. The van der Waals surface area contributed by atoms with Gasteiger partial charge in [-0.3, -0.25) is 4.79 Å². The van der Waals surface area contributed by atoms with Crippen molar-refractivity contribution in [1.82, 2.24) is 5.32 Å². The third kappa shape index (κ3) is 4.87. The summed E-state index contributed by atoms with van der Waals surface area (Å²) in [5.74, 6) is -0.521. The maximum atomic E-state index is 11.9. The smallest absolute Gasteiger partial charge is 0.237 e. The molecule has 1 aliphatic rings. The molecule has 7 N–H and O–H groups in total. The molecule has 0 saturated carbocycles. The first-order chi connectivity index (χ1) is 9.92. The van der Waals surface area contributed by atoms with Crippen LogP contribution in [0.2, 0.25) is 0 Å². The summed E-state index contributed by atoms with van der Waals surface area (Å²) in [6, 6.07) is -1.93. The highest BCUT2D eigenvalue weighted by atomic mass is 16.6. The SMILES string of the molecule is CCCCCC(N)C(=O)NC1C(O)OC(CO)C(O)C1O. The van der Waals surface area contributed by atoms with E-state index in [0.29, 0.717) is 6.42 Å². The fourth-order valence-corrected chi connectivity index (χ4v) is 2.27. The Kier molecular flexibility index (Phi) is 7.50. The van der Waals surface area contributed by atoms with Crippen molar-refractivity contribution >= 4 is 5.91 Å². The lowest BCUT2D eigenvalue weighted by atomic mass is 9.96. The van der Waals surface area contributed by atoms with Crippen LogP contribution in [-0.2, 0) is 9.53 Å². The predicted molar refractivity (Wildman–Crippen MR) is 74.0 cm³/mol. The molecule has 0 aromatic carbocycles. The van der Waals surface area contributed by atoms with E-state index in [1.807, 2.05) is 6.92 Å². The highest BCUT2D eigenvalue weighted by Crippen LogP contribution is 2.19. The average molecular weight is 306 g/mol. The third-order valence-corrected chi connectivity index (χ3v) is 3.66. The Morgan fingerprint density at radius 3 is 2.52 bits per heavy atom. The van der Waals surface area contributed by atoms with Gasteiger partial charge in [-0.1, -0.05) is 26.2 Å². The monoisotopic (exact) mass is 306 g/mol. The van der Waals surface area contributed by atoms with Crippen molar-refractivity contribution in [3.05, 3.63) is 0 Å². The van der Waals surface area contributed by atoms with Gasteiger partial charge in [0.1, 0.15) is 24.4 Å². The van der Waals surface area contributed by atoms with E-state index in [9.17, 15) is 20.1 Å². The maximum absolute atomic E-state index is 11.9. The van der Waals surface area contributed by atoms with Gasteiger partial charge in [0, 0.05) is 0 Å². The molecule has 21 heavy (non-hydrogen) atoms. The number of hydrogen-bond acceptors (Lipinski definition) is 7. The van der Waals surface area contributed by atoms with Gasteiger partial charge >= 0.3 is 0 Å². The van der Waals surface area contributed by atoms with Crippen molar-refractivity contribution in [3.8, 4) is 0 Å². The van der Waals surface area contributed by atoms with Crippen molar-refractivity contribution in [2.45, 2.75) is 69.3 Å². The first kappa shape index (κ1) is 18.3. The molecule has 1 fully saturated rings. The van der Waals surface area contributed by atoms with Crippen molar-refractivity contribution in [1.29, 1.82) is 0 Å². The summed E-state index contributed by atoms with van der Waals surface area (Å²) < 4.78 is 4.95. The number of nitrogens with two attached hydrogens (primary N) is 1. The molecule has 1 aliphatic heterocycles.